The van der Waals surface area contributed by atoms with E-state index in [1.165, 1.54) is 0 Å². The Morgan fingerprint density at radius 2 is 2.27 bits per heavy atom. The maximum absolute atomic E-state index is 9.67. The number of aromatic amines is 1. The monoisotopic (exact) mass is 316 g/mol. The molecule has 8 heteroatoms. The third-order valence-corrected chi connectivity index (χ3v) is 5.07. The SMILES string of the molecule is Nc1nc(N[C@@H]2CC[C@@H](O)C2)c2sc(-c3ccn[nH]3)cc2n1. The number of aliphatic hydroxyl groups is 1. The van der Waals surface area contributed by atoms with Crippen LogP contribution in [0.15, 0.2) is 18.3 Å². The molecule has 2 atom stereocenters. The van der Waals surface area contributed by atoms with Crippen LogP contribution < -0.4 is 11.1 Å². The molecule has 0 radical (unpaired) electrons. The second-order valence-electron chi connectivity index (χ2n) is 5.53. The van der Waals surface area contributed by atoms with Gasteiger partial charge in [-0.3, -0.25) is 5.10 Å². The molecule has 1 saturated carbocycles. The Balaban J connectivity index is 1.73. The molecule has 0 unspecified atom stereocenters. The summed E-state index contributed by atoms with van der Waals surface area (Å²) in [5.74, 6) is 1.000. The number of thiophene rings is 1. The van der Waals surface area contributed by atoms with Gasteiger partial charge >= 0.3 is 0 Å². The van der Waals surface area contributed by atoms with Gasteiger partial charge in [-0.2, -0.15) is 10.1 Å². The van der Waals surface area contributed by atoms with Crippen molar-refractivity contribution in [1.82, 2.24) is 20.2 Å². The van der Waals surface area contributed by atoms with Crippen molar-refractivity contribution < 1.29 is 5.11 Å². The quantitative estimate of drug-likeness (QED) is 0.588. The van der Waals surface area contributed by atoms with Crippen LogP contribution in [0.2, 0.25) is 0 Å². The minimum absolute atomic E-state index is 0.226. The lowest BCUT2D eigenvalue weighted by molar-refractivity contribution is 0.182. The summed E-state index contributed by atoms with van der Waals surface area (Å²) in [6.45, 7) is 0. The molecule has 22 heavy (non-hydrogen) atoms. The zero-order valence-electron chi connectivity index (χ0n) is 11.8. The molecule has 0 spiro atoms. The van der Waals surface area contributed by atoms with Crippen LogP contribution in [0.25, 0.3) is 20.8 Å². The van der Waals surface area contributed by atoms with Crippen molar-refractivity contribution in [3.63, 3.8) is 0 Å². The summed E-state index contributed by atoms with van der Waals surface area (Å²) in [5.41, 5.74) is 7.60. The van der Waals surface area contributed by atoms with Gasteiger partial charge in [-0.25, -0.2) is 4.98 Å². The number of nitrogens with zero attached hydrogens (tertiary/aromatic N) is 3. The summed E-state index contributed by atoms with van der Waals surface area (Å²) < 4.78 is 0.972. The molecular formula is C14H16N6OS. The van der Waals surface area contributed by atoms with Gasteiger partial charge in [0.1, 0.15) is 5.82 Å². The lowest BCUT2D eigenvalue weighted by atomic mass is 10.2. The summed E-state index contributed by atoms with van der Waals surface area (Å²) in [6.07, 6.45) is 4.00. The molecule has 3 aromatic heterocycles. The highest BCUT2D eigenvalue weighted by atomic mass is 32.1. The van der Waals surface area contributed by atoms with E-state index >= 15 is 0 Å². The Labute approximate surface area is 130 Å². The van der Waals surface area contributed by atoms with Gasteiger partial charge in [0.2, 0.25) is 5.95 Å². The van der Waals surface area contributed by atoms with Crippen LogP contribution in [0, 0.1) is 0 Å². The van der Waals surface area contributed by atoms with Crippen LogP contribution in [0.1, 0.15) is 19.3 Å². The van der Waals surface area contributed by atoms with Crippen molar-refractivity contribution in [2.75, 3.05) is 11.1 Å². The van der Waals surface area contributed by atoms with E-state index < -0.39 is 0 Å². The standard InChI is InChI=1S/C14H16N6OS/c15-14-18-10-6-11(9-3-4-16-20-9)22-12(10)13(19-14)17-7-1-2-8(21)5-7/h3-4,6-8,21H,1-2,5H2,(H,16,20)(H3,15,17,18,19)/t7-,8-/m1/s1. The first-order chi connectivity index (χ1) is 10.7. The van der Waals surface area contributed by atoms with Gasteiger partial charge in [0, 0.05) is 12.2 Å². The van der Waals surface area contributed by atoms with Crippen molar-refractivity contribution in [2.24, 2.45) is 0 Å². The molecule has 0 bridgehead atoms. The van der Waals surface area contributed by atoms with E-state index in [-0.39, 0.29) is 18.1 Å². The summed E-state index contributed by atoms with van der Waals surface area (Å²) in [7, 11) is 0. The van der Waals surface area contributed by atoms with Gasteiger partial charge in [0.05, 0.1) is 26.9 Å². The molecule has 0 aromatic carbocycles. The molecule has 114 valence electrons. The van der Waals surface area contributed by atoms with Crippen LogP contribution in [0.5, 0.6) is 0 Å². The lowest BCUT2D eigenvalue weighted by Gasteiger charge is -2.13. The minimum Gasteiger partial charge on any atom is -0.393 e. The van der Waals surface area contributed by atoms with Crippen LogP contribution in [0.3, 0.4) is 0 Å². The Morgan fingerprint density at radius 1 is 1.36 bits per heavy atom. The molecule has 0 aliphatic heterocycles. The molecule has 5 N–H and O–H groups in total. The van der Waals surface area contributed by atoms with Gasteiger partial charge in [-0.05, 0) is 31.4 Å². The number of anilines is 2. The summed E-state index contributed by atoms with van der Waals surface area (Å²) in [5, 5.41) is 20.0. The van der Waals surface area contributed by atoms with Crippen LogP contribution in [-0.2, 0) is 0 Å². The van der Waals surface area contributed by atoms with E-state index in [2.05, 4.69) is 25.5 Å². The van der Waals surface area contributed by atoms with Crippen molar-refractivity contribution in [3.05, 3.63) is 18.3 Å². The highest BCUT2D eigenvalue weighted by Gasteiger charge is 2.24. The van der Waals surface area contributed by atoms with E-state index in [9.17, 15) is 5.11 Å². The zero-order valence-corrected chi connectivity index (χ0v) is 12.6. The number of hydrogen-bond donors (Lipinski definition) is 4. The topological polar surface area (TPSA) is 113 Å². The van der Waals surface area contributed by atoms with Crippen LogP contribution >= 0.6 is 11.3 Å². The average molecular weight is 316 g/mol. The van der Waals surface area contributed by atoms with Crippen LogP contribution in [-0.4, -0.2) is 37.4 Å². The fraction of sp³-hybridized carbons (Fsp3) is 0.357. The predicted octanol–water partition coefficient (Wildman–Crippen LogP) is 1.99. The van der Waals surface area contributed by atoms with E-state index in [4.69, 9.17) is 5.73 Å². The maximum Gasteiger partial charge on any atom is 0.222 e. The number of nitrogens with one attached hydrogen (secondary N) is 2. The van der Waals surface area contributed by atoms with Crippen LogP contribution in [0.4, 0.5) is 11.8 Å². The smallest absolute Gasteiger partial charge is 0.222 e. The Bertz CT molecular complexity index is 799. The highest BCUT2D eigenvalue weighted by molar-refractivity contribution is 7.22. The summed E-state index contributed by atoms with van der Waals surface area (Å²) in [4.78, 5) is 9.70. The molecule has 7 nitrogen and oxygen atoms in total. The number of H-pyrrole nitrogens is 1. The average Bonchev–Trinajstić information content (AvgIpc) is 3.18. The Kier molecular flexibility index (Phi) is 3.20. The van der Waals surface area contributed by atoms with E-state index in [0.717, 1.165) is 45.9 Å². The fourth-order valence-corrected chi connectivity index (χ4v) is 3.88. The van der Waals surface area contributed by atoms with E-state index in [1.807, 2.05) is 12.1 Å². The number of hydrogen-bond acceptors (Lipinski definition) is 7. The third kappa shape index (κ3) is 2.40. The van der Waals surface area contributed by atoms with Gasteiger partial charge in [0.25, 0.3) is 0 Å². The Hall–Kier alpha value is -2.19. The molecule has 0 saturated heterocycles. The van der Waals surface area contributed by atoms with Crippen molar-refractivity contribution >= 4 is 33.3 Å². The van der Waals surface area contributed by atoms with Gasteiger partial charge in [0.15, 0.2) is 0 Å². The van der Waals surface area contributed by atoms with Gasteiger partial charge < -0.3 is 16.2 Å². The molecule has 1 aliphatic carbocycles. The number of rotatable bonds is 3. The Morgan fingerprint density at radius 3 is 3.00 bits per heavy atom. The normalized spacial score (nSPS) is 21.5. The first-order valence-electron chi connectivity index (χ1n) is 7.20. The van der Waals surface area contributed by atoms with Crippen molar-refractivity contribution in [2.45, 2.75) is 31.4 Å². The second-order valence-corrected chi connectivity index (χ2v) is 6.59. The molecule has 0 amide bonds. The largest absolute Gasteiger partial charge is 0.393 e. The van der Waals surface area contributed by atoms with Gasteiger partial charge in [-0.15, -0.1) is 11.3 Å². The molecular weight excluding hydrogens is 300 g/mol. The summed E-state index contributed by atoms with van der Waals surface area (Å²) in [6, 6.07) is 4.13. The zero-order chi connectivity index (χ0) is 15.1. The first-order valence-corrected chi connectivity index (χ1v) is 8.02. The first kappa shape index (κ1) is 13.5. The number of nitrogen functional groups attached to an aromatic ring is 1. The molecule has 4 rings (SSSR count). The lowest BCUT2D eigenvalue weighted by Crippen LogP contribution is -2.18. The molecule has 1 fully saturated rings. The molecule has 3 heterocycles. The number of nitrogens with two attached hydrogens (primary N) is 1. The molecule has 3 aromatic rings. The third-order valence-electron chi connectivity index (χ3n) is 3.90. The predicted molar refractivity (Wildman–Crippen MR) is 86.7 cm³/mol. The van der Waals surface area contributed by atoms with Crippen molar-refractivity contribution in [3.8, 4) is 10.6 Å². The number of aromatic nitrogens is 4. The summed E-state index contributed by atoms with van der Waals surface area (Å²) >= 11 is 1.60. The molecule has 1 aliphatic rings. The van der Waals surface area contributed by atoms with Gasteiger partial charge in [-0.1, -0.05) is 0 Å². The van der Waals surface area contributed by atoms with E-state index in [0.29, 0.717) is 0 Å². The number of aliphatic hydroxyl groups excluding tert-OH is 1. The second kappa shape index (κ2) is 5.22. The van der Waals surface area contributed by atoms with E-state index in [1.54, 1.807) is 17.5 Å². The highest BCUT2D eigenvalue weighted by Crippen LogP contribution is 2.36. The minimum atomic E-state index is -0.226. The fourth-order valence-electron chi connectivity index (χ4n) is 2.85. The van der Waals surface area contributed by atoms with Crippen molar-refractivity contribution in [1.29, 1.82) is 0 Å². The number of fused-ring (bicyclic) bond motifs is 1. The maximum atomic E-state index is 9.67.